The van der Waals surface area contributed by atoms with Gasteiger partial charge in [-0.15, -0.1) is 0 Å². The molecule has 0 bridgehead atoms. The van der Waals surface area contributed by atoms with E-state index in [1.807, 2.05) is 0 Å². The minimum atomic E-state index is -0.787. The summed E-state index contributed by atoms with van der Waals surface area (Å²) in [7, 11) is -0.787. The first-order valence-electron chi connectivity index (χ1n) is 9.00. The van der Waals surface area contributed by atoms with Gasteiger partial charge in [0, 0.05) is 20.4 Å². The summed E-state index contributed by atoms with van der Waals surface area (Å²) >= 11 is 0. The molecule has 0 spiro atoms. The average Bonchev–Trinajstić information content (AvgIpc) is 2.55. The second-order valence-corrected chi connectivity index (χ2v) is 9.88. The number of hydrogen-bond acceptors (Lipinski definition) is 0. The van der Waals surface area contributed by atoms with Crippen molar-refractivity contribution in [2.75, 3.05) is 0 Å². The van der Waals surface area contributed by atoms with Gasteiger partial charge in [0.2, 0.25) is 0 Å². The average molecular weight is 524 g/mol. The maximum Gasteiger partial charge on any atom is 0.119 e. The van der Waals surface area contributed by atoms with Crippen LogP contribution in [0.1, 0.15) is 55.6 Å². The fraction of sp³-hybridized carbons (Fsp3) is 0.478. The fourth-order valence-corrected chi connectivity index (χ4v) is 7.50. The maximum absolute atomic E-state index is 2.50. The topological polar surface area (TPSA) is 0 Å². The Labute approximate surface area is 170 Å². The van der Waals surface area contributed by atoms with E-state index in [0.29, 0.717) is 0 Å². The van der Waals surface area contributed by atoms with Crippen molar-refractivity contribution in [2.24, 2.45) is 0 Å². The first kappa shape index (κ1) is 22.4. The van der Waals surface area contributed by atoms with Crippen molar-refractivity contribution in [1.29, 1.82) is 0 Å². The molecule has 0 nitrogen and oxygen atoms in total. The van der Waals surface area contributed by atoms with Gasteiger partial charge in [0.05, 0.1) is 0 Å². The van der Waals surface area contributed by atoms with Gasteiger partial charge >= 0.3 is 0 Å². The minimum absolute atomic E-state index is 0. The molecule has 0 unspecified atom stereocenters. The molecule has 0 aliphatic heterocycles. The van der Waals surface area contributed by atoms with Gasteiger partial charge in [-0.1, -0.05) is 6.55 Å². The Morgan fingerprint density at radius 1 is 0.360 bits per heavy atom. The van der Waals surface area contributed by atoms with Crippen LogP contribution in [-0.2, 0) is 20.4 Å². The molecule has 2 aromatic carbocycles. The van der Waals surface area contributed by atoms with Gasteiger partial charge in [0.15, 0.2) is 0 Å². The third-order valence-electron chi connectivity index (χ3n) is 6.75. The van der Waals surface area contributed by atoms with E-state index < -0.39 is 8.80 Å². The van der Waals surface area contributed by atoms with E-state index in [9.17, 15) is 0 Å². The maximum atomic E-state index is 2.50. The summed E-state index contributed by atoms with van der Waals surface area (Å²) in [6, 6.07) is 0. The van der Waals surface area contributed by atoms with Gasteiger partial charge in [-0.2, -0.15) is 0 Å². The summed E-state index contributed by atoms with van der Waals surface area (Å²) in [6.45, 7) is 25.5. The third-order valence-corrected chi connectivity index (χ3v) is 9.75. The Hall–Kier alpha value is -0.681. The number of rotatable bonds is 2. The third kappa shape index (κ3) is 3.46. The normalized spacial score (nSPS) is 11.0. The summed E-state index contributed by atoms with van der Waals surface area (Å²) < 4.78 is 0. The molecule has 0 heterocycles. The molecule has 25 heavy (non-hydrogen) atoms. The van der Waals surface area contributed by atoms with E-state index in [2.05, 4.69) is 75.8 Å². The van der Waals surface area contributed by atoms with Crippen molar-refractivity contribution in [3.05, 3.63) is 55.6 Å². The molecule has 0 aliphatic rings. The molecule has 2 rings (SSSR count). The van der Waals surface area contributed by atoms with Gasteiger partial charge in [-0.3, -0.25) is 0 Å². The zero-order valence-corrected chi connectivity index (χ0v) is 21.6. The molecule has 0 N–H and O–H groups in total. The summed E-state index contributed by atoms with van der Waals surface area (Å²) in [5.74, 6) is 0. The summed E-state index contributed by atoms with van der Waals surface area (Å²) in [6.07, 6.45) is 0. The van der Waals surface area contributed by atoms with E-state index in [1.165, 1.54) is 55.6 Å². The van der Waals surface area contributed by atoms with Crippen LogP contribution in [0.4, 0.5) is 0 Å². The molecular weight excluding hydrogens is 491 g/mol. The Bertz CT molecular complexity index is 703. The van der Waals surface area contributed by atoms with Crippen molar-refractivity contribution in [3.63, 3.8) is 0 Å². The van der Waals surface area contributed by atoms with E-state index in [-0.39, 0.29) is 20.4 Å². The van der Waals surface area contributed by atoms with Crippen LogP contribution in [0.15, 0.2) is 0 Å². The van der Waals surface area contributed by atoms with E-state index in [0.717, 1.165) is 0 Å². The van der Waals surface area contributed by atoms with E-state index >= 15 is 0 Å². The smallest absolute Gasteiger partial charge is 0.0628 e. The Morgan fingerprint density at radius 3 is 0.720 bits per heavy atom. The first-order chi connectivity index (χ1) is 11.0. The van der Waals surface area contributed by atoms with Crippen LogP contribution in [0, 0.1) is 69.2 Å². The predicted octanol–water partition coefficient (Wildman–Crippen LogP) is 5.01. The first-order valence-corrected chi connectivity index (χ1v) is 11.0. The molecule has 0 saturated heterocycles. The van der Waals surface area contributed by atoms with Crippen LogP contribution in [0.3, 0.4) is 0 Å². The molecule has 2 heteroatoms. The molecule has 2 aromatic rings. The van der Waals surface area contributed by atoms with Crippen LogP contribution in [-0.4, -0.2) is 8.80 Å². The standard InChI is InChI=1S/C23H33Si.Re/c1-12-14(3)18(7)22(19(8)15(12)4)24(11)23-20(9)16(5)13(2)17(6)21(23)10;/h1-11H3;. The van der Waals surface area contributed by atoms with Crippen LogP contribution in [0.25, 0.3) is 0 Å². The fourth-order valence-electron chi connectivity index (χ4n) is 4.25. The molecule has 0 aromatic heterocycles. The molecule has 0 amide bonds. The van der Waals surface area contributed by atoms with Crippen LogP contribution in [0.5, 0.6) is 0 Å². The van der Waals surface area contributed by atoms with Gasteiger partial charge in [0.1, 0.15) is 8.80 Å². The van der Waals surface area contributed by atoms with Gasteiger partial charge in [0.25, 0.3) is 0 Å². The van der Waals surface area contributed by atoms with Crippen molar-refractivity contribution in [3.8, 4) is 0 Å². The zero-order valence-electron chi connectivity index (χ0n) is 17.9. The molecule has 0 saturated carbocycles. The molecule has 0 aliphatic carbocycles. The van der Waals surface area contributed by atoms with Crippen LogP contribution in [0.2, 0.25) is 6.55 Å². The second-order valence-electron chi connectivity index (χ2n) is 7.62. The van der Waals surface area contributed by atoms with Crippen molar-refractivity contribution >= 4 is 19.2 Å². The van der Waals surface area contributed by atoms with E-state index in [1.54, 1.807) is 10.4 Å². The molecule has 0 fully saturated rings. The van der Waals surface area contributed by atoms with Gasteiger partial charge in [-0.25, -0.2) is 0 Å². The SMILES string of the molecule is Cc1c(C)c(C)c([Si](C)c2c(C)c(C)c(C)c(C)c2C)c(C)c1C.[Re]. The Morgan fingerprint density at radius 2 is 0.520 bits per heavy atom. The van der Waals surface area contributed by atoms with Gasteiger partial charge in [-0.05, 0) is 135 Å². The van der Waals surface area contributed by atoms with Crippen molar-refractivity contribution < 1.29 is 20.4 Å². The van der Waals surface area contributed by atoms with Crippen molar-refractivity contribution in [2.45, 2.75) is 75.8 Å². The van der Waals surface area contributed by atoms with Crippen LogP contribution >= 0.6 is 0 Å². The van der Waals surface area contributed by atoms with Gasteiger partial charge < -0.3 is 0 Å². The van der Waals surface area contributed by atoms with Crippen molar-refractivity contribution in [1.82, 2.24) is 0 Å². The summed E-state index contributed by atoms with van der Waals surface area (Å²) in [4.78, 5) is 0. The molecule has 0 atom stereocenters. The Balaban J connectivity index is 0.00000312. The summed E-state index contributed by atoms with van der Waals surface area (Å²) in [5, 5.41) is 3.27. The molecule has 136 valence electrons. The largest absolute Gasteiger partial charge is 0.119 e. The van der Waals surface area contributed by atoms with Crippen LogP contribution < -0.4 is 10.4 Å². The Kier molecular flexibility index (Phi) is 7.08. The molecule has 2 radical (unpaired) electrons. The second kappa shape index (κ2) is 7.91. The number of hydrogen-bond donors (Lipinski definition) is 0. The monoisotopic (exact) mass is 524 g/mol. The van der Waals surface area contributed by atoms with E-state index in [4.69, 9.17) is 0 Å². The summed E-state index contributed by atoms with van der Waals surface area (Å²) in [5.41, 5.74) is 14.9. The quantitative estimate of drug-likeness (QED) is 0.486. The molecular formula is C23H33ReSi. The number of benzene rings is 2. The zero-order chi connectivity index (χ0) is 18.5. The minimum Gasteiger partial charge on any atom is -0.0628 e. The predicted molar refractivity (Wildman–Crippen MR) is 111 cm³/mol.